The van der Waals surface area contributed by atoms with Crippen molar-refractivity contribution in [1.82, 2.24) is 4.98 Å². The third kappa shape index (κ3) is 2.68. The maximum Gasteiger partial charge on any atom is 0.273 e. The smallest absolute Gasteiger partial charge is 0.273 e. The fraction of sp³-hybridized carbons (Fsp3) is 0.357. The molecule has 0 unspecified atom stereocenters. The maximum atomic E-state index is 13.6. The lowest BCUT2D eigenvalue weighted by molar-refractivity contribution is -0.384. The third-order valence-electron chi connectivity index (χ3n) is 3.70. The van der Waals surface area contributed by atoms with Crippen LogP contribution in [0.1, 0.15) is 12.8 Å². The molecule has 0 saturated carbocycles. The van der Waals surface area contributed by atoms with Gasteiger partial charge in [0, 0.05) is 42.4 Å². The number of nitrogens with zero attached hydrogens (tertiary/aromatic N) is 3. The van der Waals surface area contributed by atoms with E-state index in [4.69, 9.17) is 11.6 Å². The number of hydrogen-bond donors (Lipinski definition) is 0. The van der Waals surface area contributed by atoms with Crippen LogP contribution in [0.3, 0.4) is 0 Å². The van der Waals surface area contributed by atoms with Crippen LogP contribution in [0.25, 0.3) is 10.9 Å². The van der Waals surface area contributed by atoms with Gasteiger partial charge < -0.3 is 4.90 Å². The van der Waals surface area contributed by atoms with Crippen molar-refractivity contribution in [2.75, 3.05) is 18.0 Å². The molecule has 8 heteroatoms. The number of alkyl halides is 2. The predicted octanol–water partition coefficient (Wildman–Crippen LogP) is 4.03. The fourth-order valence-corrected chi connectivity index (χ4v) is 3.05. The molecule has 1 aromatic heterocycles. The molecule has 0 radical (unpaired) electrons. The van der Waals surface area contributed by atoms with Crippen molar-refractivity contribution < 1.29 is 13.7 Å². The first kappa shape index (κ1) is 14.9. The van der Waals surface area contributed by atoms with Crippen molar-refractivity contribution in [1.29, 1.82) is 0 Å². The second-order valence-electron chi connectivity index (χ2n) is 5.29. The van der Waals surface area contributed by atoms with Crippen LogP contribution in [0, 0.1) is 10.1 Å². The van der Waals surface area contributed by atoms with Crippen LogP contribution in [0.15, 0.2) is 24.4 Å². The van der Waals surface area contributed by atoms with Crippen molar-refractivity contribution >= 4 is 33.9 Å². The maximum absolute atomic E-state index is 13.6. The highest BCUT2D eigenvalue weighted by atomic mass is 35.5. The number of nitro benzene ring substituents is 1. The van der Waals surface area contributed by atoms with Crippen LogP contribution in [0.5, 0.6) is 0 Å². The van der Waals surface area contributed by atoms with E-state index >= 15 is 0 Å². The van der Waals surface area contributed by atoms with E-state index in [0.717, 1.165) is 0 Å². The van der Waals surface area contributed by atoms with E-state index in [9.17, 15) is 18.9 Å². The molecule has 0 spiro atoms. The molecule has 2 heterocycles. The molecule has 5 nitrogen and oxygen atoms in total. The quantitative estimate of drug-likeness (QED) is 0.617. The second-order valence-corrected chi connectivity index (χ2v) is 5.70. The number of benzene rings is 1. The highest BCUT2D eigenvalue weighted by Crippen LogP contribution is 2.37. The van der Waals surface area contributed by atoms with Crippen LogP contribution >= 0.6 is 11.6 Å². The zero-order valence-corrected chi connectivity index (χ0v) is 12.2. The first-order chi connectivity index (χ1) is 10.4. The van der Waals surface area contributed by atoms with Crippen molar-refractivity contribution in [3.63, 3.8) is 0 Å². The average Bonchev–Trinajstić information content (AvgIpc) is 2.45. The van der Waals surface area contributed by atoms with E-state index in [2.05, 4.69) is 4.98 Å². The molecule has 0 atom stereocenters. The van der Waals surface area contributed by atoms with Crippen molar-refractivity contribution in [3.8, 4) is 0 Å². The standard InChI is InChI=1S/C14H12ClF2N3O2/c15-10-6-9(20(21)22)7-11-13(10)12(2-4-18-11)19-5-1-3-14(16,17)8-19/h2,4,6-7H,1,3,5,8H2. The summed E-state index contributed by atoms with van der Waals surface area (Å²) in [5.41, 5.74) is 0.681. The number of hydrogen-bond acceptors (Lipinski definition) is 4. The first-order valence-electron chi connectivity index (χ1n) is 6.73. The highest BCUT2D eigenvalue weighted by Gasteiger charge is 2.36. The number of anilines is 1. The van der Waals surface area contributed by atoms with Crippen LogP contribution in [0.2, 0.25) is 5.02 Å². The number of piperidine rings is 1. The van der Waals surface area contributed by atoms with Crippen LogP contribution in [-0.4, -0.2) is 28.9 Å². The summed E-state index contributed by atoms with van der Waals surface area (Å²) in [5.74, 6) is -2.75. The molecule has 22 heavy (non-hydrogen) atoms. The number of aromatic nitrogens is 1. The molecule has 2 aromatic rings. The number of rotatable bonds is 2. The molecule has 1 aliphatic heterocycles. The van der Waals surface area contributed by atoms with E-state index in [-0.39, 0.29) is 23.7 Å². The van der Waals surface area contributed by atoms with Gasteiger partial charge in [-0.3, -0.25) is 15.1 Å². The lowest BCUT2D eigenvalue weighted by Crippen LogP contribution is -2.42. The number of fused-ring (bicyclic) bond motifs is 1. The van der Waals surface area contributed by atoms with Gasteiger partial charge in [0.05, 0.1) is 22.0 Å². The molecule has 0 bridgehead atoms. The van der Waals surface area contributed by atoms with Crippen molar-refractivity contribution in [3.05, 3.63) is 39.5 Å². The topological polar surface area (TPSA) is 59.3 Å². The minimum absolute atomic E-state index is 0.133. The molecule has 3 rings (SSSR count). The number of halogens is 3. The molecule has 1 saturated heterocycles. The van der Waals surface area contributed by atoms with E-state index in [0.29, 0.717) is 29.6 Å². The summed E-state index contributed by atoms with van der Waals surface area (Å²) < 4.78 is 27.3. The molecule has 116 valence electrons. The predicted molar refractivity (Wildman–Crippen MR) is 79.8 cm³/mol. The van der Waals surface area contributed by atoms with Gasteiger partial charge in [0.2, 0.25) is 0 Å². The van der Waals surface area contributed by atoms with E-state index in [1.54, 1.807) is 11.0 Å². The monoisotopic (exact) mass is 327 g/mol. The van der Waals surface area contributed by atoms with Gasteiger partial charge in [-0.2, -0.15) is 0 Å². The molecule has 0 aliphatic carbocycles. The Bertz CT molecular complexity index is 754. The Kier molecular flexibility index (Phi) is 3.60. The van der Waals surface area contributed by atoms with Crippen LogP contribution < -0.4 is 4.90 Å². The van der Waals surface area contributed by atoms with Crippen molar-refractivity contribution in [2.24, 2.45) is 0 Å². The molecule has 1 aromatic carbocycles. The summed E-state index contributed by atoms with van der Waals surface area (Å²) in [5, 5.41) is 11.5. The Morgan fingerprint density at radius 1 is 1.41 bits per heavy atom. The Morgan fingerprint density at radius 3 is 2.86 bits per heavy atom. The first-order valence-corrected chi connectivity index (χ1v) is 7.11. The zero-order chi connectivity index (χ0) is 15.9. The number of non-ortho nitro benzene ring substituents is 1. The van der Waals surface area contributed by atoms with Gasteiger partial charge in [-0.25, -0.2) is 8.78 Å². The fourth-order valence-electron chi connectivity index (χ4n) is 2.75. The summed E-state index contributed by atoms with van der Waals surface area (Å²) in [7, 11) is 0. The summed E-state index contributed by atoms with van der Waals surface area (Å²) in [6.07, 6.45) is 1.69. The minimum Gasteiger partial charge on any atom is -0.365 e. The van der Waals surface area contributed by atoms with Gasteiger partial charge in [0.1, 0.15) is 0 Å². The van der Waals surface area contributed by atoms with Gasteiger partial charge >= 0.3 is 0 Å². The lowest BCUT2D eigenvalue weighted by Gasteiger charge is -2.34. The molecule has 0 amide bonds. The molecule has 1 aliphatic rings. The number of pyridine rings is 1. The SMILES string of the molecule is O=[N+]([O-])c1cc(Cl)c2c(N3CCCC(F)(F)C3)ccnc2c1. The summed E-state index contributed by atoms with van der Waals surface area (Å²) in [6, 6.07) is 4.13. The average molecular weight is 328 g/mol. The van der Waals surface area contributed by atoms with E-state index in [1.807, 2.05) is 0 Å². The van der Waals surface area contributed by atoms with Gasteiger partial charge in [-0.05, 0) is 12.5 Å². The third-order valence-corrected chi connectivity index (χ3v) is 4.00. The highest BCUT2D eigenvalue weighted by molar-refractivity contribution is 6.36. The van der Waals surface area contributed by atoms with E-state index < -0.39 is 10.8 Å². The van der Waals surface area contributed by atoms with Gasteiger partial charge in [-0.1, -0.05) is 11.6 Å². The largest absolute Gasteiger partial charge is 0.365 e. The summed E-state index contributed by atoms with van der Waals surface area (Å²) >= 11 is 6.14. The summed E-state index contributed by atoms with van der Waals surface area (Å²) in [4.78, 5) is 16.0. The van der Waals surface area contributed by atoms with Gasteiger partial charge in [-0.15, -0.1) is 0 Å². The zero-order valence-electron chi connectivity index (χ0n) is 11.4. The van der Waals surface area contributed by atoms with Gasteiger partial charge in [0.15, 0.2) is 0 Å². The van der Waals surface area contributed by atoms with Gasteiger partial charge in [0.25, 0.3) is 11.6 Å². The lowest BCUT2D eigenvalue weighted by atomic mass is 10.0. The molecule has 0 N–H and O–H groups in total. The van der Waals surface area contributed by atoms with Crippen LogP contribution in [-0.2, 0) is 0 Å². The van der Waals surface area contributed by atoms with E-state index in [1.165, 1.54) is 18.3 Å². The Balaban J connectivity index is 2.13. The Morgan fingerprint density at radius 2 is 2.18 bits per heavy atom. The molecule has 1 fully saturated rings. The molecular formula is C14H12ClF2N3O2. The Labute approximate surface area is 129 Å². The number of nitro groups is 1. The van der Waals surface area contributed by atoms with Crippen LogP contribution in [0.4, 0.5) is 20.2 Å². The minimum atomic E-state index is -2.75. The second kappa shape index (κ2) is 5.31. The molecular weight excluding hydrogens is 316 g/mol. The normalized spacial score (nSPS) is 17.7. The van der Waals surface area contributed by atoms with Crippen molar-refractivity contribution in [2.45, 2.75) is 18.8 Å². The Hall–Kier alpha value is -2.02. The summed E-state index contributed by atoms with van der Waals surface area (Å²) in [6.45, 7) is 0.0987.